The van der Waals surface area contributed by atoms with Gasteiger partial charge >= 0.3 is 0 Å². The quantitative estimate of drug-likeness (QED) is 0.750. The molecular weight excluding hydrogens is 174 g/mol. The molecule has 1 aromatic heterocycles. The van der Waals surface area contributed by atoms with E-state index in [1.165, 1.54) is 49.8 Å². The molecule has 0 radical (unpaired) electrons. The molecule has 0 spiro atoms. The minimum Gasteiger partial charge on any atom is -0.307 e. The maximum atomic E-state index is 4.14. The highest BCUT2D eigenvalue weighted by atomic mass is 15.1. The molecule has 1 atom stereocenters. The summed E-state index contributed by atoms with van der Waals surface area (Å²) in [5.41, 5.74) is 2.77. The minimum absolute atomic E-state index is 0.572. The van der Waals surface area contributed by atoms with Crippen LogP contribution in [0.4, 0.5) is 0 Å². The SMILES string of the molecule is c1n[nH]c2c1C(NC1CCC1)CCC2. The van der Waals surface area contributed by atoms with Crippen LogP contribution in [-0.4, -0.2) is 16.2 Å². The summed E-state index contributed by atoms with van der Waals surface area (Å²) in [4.78, 5) is 0. The Morgan fingerprint density at radius 1 is 1.29 bits per heavy atom. The summed E-state index contributed by atoms with van der Waals surface area (Å²) >= 11 is 0. The van der Waals surface area contributed by atoms with Gasteiger partial charge in [0.1, 0.15) is 0 Å². The van der Waals surface area contributed by atoms with Gasteiger partial charge in [0.25, 0.3) is 0 Å². The van der Waals surface area contributed by atoms with Gasteiger partial charge in [0.05, 0.1) is 6.20 Å². The summed E-state index contributed by atoms with van der Waals surface area (Å²) in [6.07, 6.45) is 9.89. The van der Waals surface area contributed by atoms with E-state index in [0.717, 1.165) is 6.04 Å². The molecule has 14 heavy (non-hydrogen) atoms. The number of aromatic nitrogens is 2. The van der Waals surface area contributed by atoms with Crippen molar-refractivity contribution in [2.45, 2.75) is 50.6 Å². The van der Waals surface area contributed by atoms with Crippen molar-refractivity contribution in [2.75, 3.05) is 0 Å². The first-order chi connectivity index (χ1) is 6.93. The van der Waals surface area contributed by atoms with Crippen LogP contribution in [0.1, 0.15) is 49.4 Å². The van der Waals surface area contributed by atoms with Crippen LogP contribution in [-0.2, 0) is 6.42 Å². The number of hydrogen-bond acceptors (Lipinski definition) is 2. The van der Waals surface area contributed by atoms with Crippen molar-refractivity contribution in [3.05, 3.63) is 17.5 Å². The van der Waals surface area contributed by atoms with Gasteiger partial charge < -0.3 is 5.32 Å². The van der Waals surface area contributed by atoms with Crippen molar-refractivity contribution >= 4 is 0 Å². The summed E-state index contributed by atoms with van der Waals surface area (Å²) in [5.74, 6) is 0. The maximum absolute atomic E-state index is 4.14. The fraction of sp³-hybridized carbons (Fsp3) is 0.727. The molecule has 1 saturated carbocycles. The van der Waals surface area contributed by atoms with Gasteiger partial charge in [0.2, 0.25) is 0 Å². The third-order valence-electron chi connectivity index (χ3n) is 3.59. The molecule has 2 aliphatic carbocycles. The first-order valence-corrected chi connectivity index (χ1v) is 5.71. The van der Waals surface area contributed by atoms with Gasteiger partial charge in [-0.3, -0.25) is 5.10 Å². The highest BCUT2D eigenvalue weighted by Crippen LogP contribution is 2.31. The topological polar surface area (TPSA) is 40.7 Å². The number of fused-ring (bicyclic) bond motifs is 1. The highest BCUT2D eigenvalue weighted by Gasteiger charge is 2.26. The third-order valence-corrected chi connectivity index (χ3v) is 3.59. The van der Waals surface area contributed by atoms with Gasteiger partial charge in [0, 0.05) is 23.3 Å². The number of nitrogens with zero attached hydrogens (tertiary/aromatic N) is 1. The molecule has 0 bridgehead atoms. The number of aromatic amines is 1. The van der Waals surface area contributed by atoms with E-state index >= 15 is 0 Å². The molecule has 3 heteroatoms. The van der Waals surface area contributed by atoms with Crippen LogP contribution in [0.5, 0.6) is 0 Å². The molecular formula is C11H17N3. The monoisotopic (exact) mass is 191 g/mol. The van der Waals surface area contributed by atoms with E-state index in [0.29, 0.717) is 6.04 Å². The number of nitrogens with one attached hydrogen (secondary N) is 2. The number of H-pyrrole nitrogens is 1. The van der Waals surface area contributed by atoms with Crippen LogP contribution >= 0.6 is 0 Å². The molecule has 0 aromatic carbocycles. The predicted octanol–water partition coefficient (Wildman–Crippen LogP) is 1.93. The van der Waals surface area contributed by atoms with E-state index in [2.05, 4.69) is 15.5 Å². The summed E-state index contributed by atoms with van der Waals surface area (Å²) < 4.78 is 0. The number of hydrogen-bond donors (Lipinski definition) is 2. The van der Waals surface area contributed by atoms with Crippen molar-refractivity contribution in [3.8, 4) is 0 Å². The molecule has 76 valence electrons. The zero-order valence-corrected chi connectivity index (χ0v) is 8.42. The fourth-order valence-electron chi connectivity index (χ4n) is 2.49. The minimum atomic E-state index is 0.572. The lowest BCUT2D eigenvalue weighted by Crippen LogP contribution is -2.38. The van der Waals surface area contributed by atoms with Gasteiger partial charge in [-0.1, -0.05) is 6.42 Å². The Balaban J connectivity index is 1.74. The van der Waals surface area contributed by atoms with E-state index in [-0.39, 0.29) is 0 Å². The lowest BCUT2D eigenvalue weighted by molar-refractivity contribution is 0.290. The van der Waals surface area contributed by atoms with Gasteiger partial charge in [0.15, 0.2) is 0 Å². The Morgan fingerprint density at radius 2 is 2.21 bits per heavy atom. The van der Waals surface area contributed by atoms with Crippen molar-refractivity contribution < 1.29 is 0 Å². The summed E-state index contributed by atoms with van der Waals surface area (Å²) in [6.45, 7) is 0. The third kappa shape index (κ3) is 1.36. The van der Waals surface area contributed by atoms with Gasteiger partial charge in [-0.05, 0) is 32.1 Å². The molecule has 1 aromatic rings. The summed E-state index contributed by atoms with van der Waals surface area (Å²) in [6, 6.07) is 1.35. The smallest absolute Gasteiger partial charge is 0.0538 e. The lowest BCUT2D eigenvalue weighted by atomic mass is 9.88. The van der Waals surface area contributed by atoms with Crippen molar-refractivity contribution in [2.24, 2.45) is 0 Å². The fourth-order valence-corrected chi connectivity index (χ4v) is 2.49. The van der Waals surface area contributed by atoms with Gasteiger partial charge in [-0.2, -0.15) is 5.10 Å². The second-order valence-corrected chi connectivity index (χ2v) is 4.54. The average molecular weight is 191 g/mol. The van der Waals surface area contributed by atoms with Gasteiger partial charge in [-0.15, -0.1) is 0 Å². The lowest BCUT2D eigenvalue weighted by Gasteiger charge is -2.33. The zero-order chi connectivity index (χ0) is 9.38. The Bertz CT molecular complexity index is 314. The van der Waals surface area contributed by atoms with E-state index in [9.17, 15) is 0 Å². The van der Waals surface area contributed by atoms with Crippen molar-refractivity contribution in [3.63, 3.8) is 0 Å². The predicted molar refractivity (Wildman–Crippen MR) is 55.0 cm³/mol. The first kappa shape index (κ1) is 8.48. The molecule has 1 heterocycles. The Kier molecular flexibility index (Phi) is 2.05. The maximum Gasteiger partial charge on any atom is 0.0538 e. The Hall–Kier alpha value is -0.830. The first-order valence-electron chi connectivity index (χ1n) is 5.71. The van der Waals surface area contributed by atoms with E-state index in [1.54, 1.807) is 0 Å². The summed E-state index contributed by atoms with van der Waals surface area (Å²) in [5, 5.41) is 11.0. The van der Waals surface area contributed by atoms with Crippen LogP contribution in [0, 0.1) is 0 Å². The second kappa shape index (κ2) is 3.39. The average Bonchev–Trinajstić information content (AvgIpc) is 2.59. The van der Waals surface area contributed by atoms with E-state index < -0.39 is 0 Å². The van der Waals surface area contributed by atoms with Crippen LogP contribution in [0.2, 0.25) is 0 Å². The number of rotatable bonds is 2. The van der Waals surface area contributed by atoms with E-state index in [4.69, 9.17) is 0 Å². The van der Waals surface area contributed by atoms with Crippen LogP contribution in [0.25, 0.3) is 0 Å². The normalized spacial score (nSPS) is 27.0. The molecule has 1 unspecified atom stereocenters. The van der Waals surface area contributed by atoms with Crippen molar-refractivity contribution in [1.82, 2.24) is 15.5 Å². The second-order valence-electron chi connectivity index (χ2n) is 4.54. The largest absolute Gasteiger partial charge is 0.307 e. The Labute approximate surface area is 84.3 Å². The Morgan fingerprint density at radius 3 is 3.00 bits per heavy atom. The molecule has 2 N–H and O–H groups in total. The number of aryl methyl sites for hydroxylation is 1. The van der Waals surface area contributed by atoms with Gasteiger partial charge in [-0.25, -0.2) is 0 Å². The van der Waals surface area contributed by atoms with Crippen LogP contribution < -0.4 is 5.32 Å². The molecule has 3 nitrogen and oxygen atoms in total. The zero-order valence-electron chi connectivity index (χ0n) is 8.42. The van der Waals surface area contributed by atoms with Crippen molar-refractivity contribution in [1.29, 1.82) is 0 Å². The standard InChI is InChI=1S/C11H17N3/c1-3-8(4-1)13-10-5-2-6-11-9(10)7-12-14-11/h7-8,10,13H,1-6H2,(H,12,14). The molecule has 1 fully saturated rings. The molecule has 0 amide bonds. The molecule has 0 saturated heterocycles. The molecule has 3 rings (SSSR count). The highest BCUT2D eigenvalue weighted by molar-refractivity contribution is 5.23. The summed E-state index contributed by atoms with van der Waals surface area (Å²) in [7, 11) is 0. The molecule has 2 aliphatic rings. The molecule has 0 aliphatic heterocycles. The van der Waals surface area contributed by atoms with E-state index in [1.807, 2.05) is 6.20 Å². The van der Waals surface area contributed by atoms with Crippen LogP contribution in [0.3, 0.4) is 0 Å². The van der Waals surface area contributed by atoms with Crippen LogP contribution in [0.15, 0.2) is 6.20 Å².